The van der Waals surface area contributed by atoms with Gasteiger partial charge in [0.1, 0.15) is 35.2 Å². The Morgan fingerprint density at radius 2 is 1.30 bits per heavy atom. The van der Waals surface area contributed by atoms with Gasteiger partial charge in [0.2, 0.25) is 0 Å². The molecule has 226 valence electrons. The molecule has 0 aliphatic carbocycles. The quantitative estimate of drug-likeness (QED) is 0.208. The minimum absolute atomic E-state index is 0.00441. The van der Waals surface area contributed by atoms with Gasteiger partial charge in [-0.15, -0.1) is 11.3 Å². The van der Waals surface area contributed by atoms with Crippen LogP contribution in [0, 0.1) is 22.7 Å². The molecule has 1 atom stereocenters. The maximum absolute atomic E-state index is 13.5. The van der Waals surface area contributed by atoms with Crippen molar-refractivity contribution in [2.75, 3.05) is 0 Å². The smallest absolute Gasteiger partial charge is 0.274 e. The van der Waals surface area contributed by atoms with Crippen molar-refractivity contribution in [1.29, 1.82) is 10.5 Å². The number of benzene rings is 4. The molecule has 0 saturated heterocycles. The van der Waals surface area contributed by atoms with Gasteiger partial charge in [-0.3, -0.25) is 9.36 Å². The molecule has 0 amide bonds. The van der Waals surface area contributed by atoms with Gasteiger partial charge in [-0.2, -0.15) is 10.5 Å². The topological polar surface area (TPSA) is 114 Å². The maximum atomic E-state index is 13.5. The number of ether oxygens (including phenoxy) is 2. The van der Waals surface area contributed by atoms with Gasteiger partial charge in [-0.25, -0.2) is 0 Å². The Morgan fingerprint density at radius 1 is 0.783 bits per heavy atom. The van der Waals surface area contributed by atoms with Crippen LogP contribution in [0.5, 0.6) is 11.5 Å². The third-order valence-corrected chi connectivity index (χ3v) is 9.33. The van der Waals surface area contributed by atoms with Crippen LogP contribution in [0.25, 0.3) is 17.5 Å². The molecule has 2 N–H and O–H groups in total. The number of thiazole rings is 1. The lowest BCUT2D eigenvalue weighted by atomic mass is 9.84. The van der Waals surface area contributed by atoms with Crippen molar-refractivity contribution in [3.63, 3.8) is 0 Å². The molecule has 10 heteroatoms. The van der Waals surface area contributed by atoms with Crippen molar-refractivity contribution in [3.05, 3.63) is 154 Å². The molecule has 4 aromatic carbocycles. The second-order valence-corrected chi connectivity index (χ2v) is 12.2. The zero-order valence-corrected chi connectivity index (χ0v) is 26.4. The highest BCUT2D eigenvalue weighted by atomic mass is 35.5. The lowest BCUT2D eigenvalue weighted by Crippen LogP contribution is -2.38. The standard InChI is InChI=1S/C36H24Cl2N4O3S/c37-30-7-3-1-5-24(30)20-44-26-13-9-22(10-14-26)17-32-35(43)42-34(41)28(18-39)33(29(19-40)36(42)46-32)23-11-15-27(16-12-23)45-21-25-6-2-4-8-31(25)38/h1-17,33H,20-21,41H2/t33-/m1/s1. The average molecular weight is 664 g/mol. The van der Waals surface area contributed by atoms with Gasteiger partial charge in [0, 0.05) is 21.2 Å². The molecule has 2 heterocycles. The molecule has 0 bridgehead atoms. The van der Waals surface area contributed by atoms with E-state index in [1.54, 1.807) is 48.5 Å². The van der Waals surface area contributed by atoms with Crippen molar-refractivity contribution in [2.45, 2.75) is 19.1 Å². The number of halogens is 2. The fourth-order valence-electron chi connectivity index (χ4n) is 5.11. The monoisotopic (exact) mass is 662 g/mol. The summed E-state index contributed by atoms with van der Waals surface area (Å²) in [7, 11) is 0. The van der Waals surface area contributed by atoms with E-state index in [-0.39, 0.29) is 23.6 Å². The molecule has 46 heavy (non-hydrogen) atoms. The van der Waals surface area contributed by atoms with E-state index in [1.165, 1.54) is 4.57 Å². The average Bonchev–Trinajstić information content (AvgIpc) is 3.40. The van der Waals surface area contributed by atoms with Crippen LogP contribution >= 0.6 is 34.5 Å². The number of nitrogens with zero attached hydrogens (tertiary/aromatic N) is 3. The van der Waals surface area contributed by atoms with E-state index < -0.39 is 11.5 Å². The lowest BCUT2D eigenvalue weighted by Gasteiger charge is -2.22. The molecule has 0 unspecified atom stereocenters. The summed E-state index contributed by atoms with van der Waals surface area (Å²) in [5.41, 5.74) is 9.59. The summed E-state index contributed by atoms with van der Waals surface area (Å²) >= 11 is 13.6. The van der Waals surface area contributed by atoms with Crippen LogP contribution in [0.2, 0.25) is 10.0 Å². The zero-order valence-electron chi connectivity index (χ0n) is 24.1. The Hall–Kier alpha value is -5.25. The van der Waals surface area contributed by atoms with Gasteiger partial charge < -0.3 is 15.2 Å². The molecule has 1 aliphatic rings. The predicted molar refractivity (Wildman–Crippen MR) is 181 cm³/mol. The third-order valence-electron chi connectivity index (χ3n) is 7.48. The van der Waals surface area contributed by atoms with Crippen LogP contribution in [-0.4, -0.2) is 4.57 Å². The van der Waals surface area contributed by atoms with E-state index in [4.69, 9.17) is 38.4 Å². The molecule has 0 radical (unpaired) electrons. The van der Waals surface area contributed by atoms with Gasteiger partial charge in [0.25, 0.3) is 5.56 Å². The SMILES string of the molecule is N#CC1=C(N)n2c(sc(=Cc3ccc(OCc4ccccc4Cl)cc3)c2=O)=C(C#N)[C@@H]1c1ccc(OCc2ccccc2Cl)cc1. The molecular weight excluding hydrogens is 639 g/mol. The number of nitrogens with two attached hydrogens (primary N) is 1. The van der Waals surface area contributed by atoms with E-state index in [9.17, 15) is 15.3 Å². The number of hydrogen-bond acceptors (Lipinski definition) is 7. The first-order valence-electron chi connectivity index (χ1n) is 14.1. The summed E-state index contributed by atoms with van der Waals surface area (Å²) in [6.07, 6.45) is 1.73. The zero-order chi connectivity index (χ0) is 32.2. The number of nitriles is 2. The first kappa shape index (κ1) is 30.8. The predicted octanol–water partition coefficient (Wildman–Crippen LogP) is 6.33. The van der Waals surface area contributed by atoms with Gasteiger partial charge in [-0.1, -0.05) is 83.9 Å². The van der Waals surface area contributed by atoms with Crippen LogP contribution < -0.4 is 30.0 Å². The highest BCUT2D eigenvalue weighted by Gasteiger charge is 2.32. The summed E-state index contributed by atoms with van der Waals surface area (Å²) < 4.78 is 13.8. The van der Waals surface area contributed by atoms with E-state index in [1.807, 2.05) is 54.6 Å². The van der Waals surface area contributed by atoms with Crippen LogP contribution in [0.1, 0.15) is 28.2 Å². The first-order chi connectivity index (χ1) is 22.4. The summed E-state index contributed by atoms with van der Waals surface area (Å²) in [6, 6.07) is 33.7. The Labute approximate surface area is 278 Å². The van der Waals surface area contributed by atoms with Gasteiger partial charge in [0.05, 0.1) is 33.7 Å². The van der Waals surface area contributed by atoms with Crippen molar-refractivity contribution in [3.8, 4) is 23.6 Å². The van der Waals surface area contributed by atoms with Crippen LogP contribution in [0.4, 0.5) is 0 Å². The van der Waals surface area contributed by atoms with Crippen LogP contribution in [-0.2, 0) is 13.2 Å². The van der Waals surface area contributed by atoms with Crippen LogP contribution in [0.3, 0.4) is 0 Å². The fraction of sp³-hybridized carbons (Fsp3) is 0.0833. The van der Waals surface area contributed by atoms with E-state index in [0.717, 1.165) is 28.0 Å². The largest absolute Gasteiger partial charge is 0.489 e. The highest BCUT2D eigenvalue weighted by Crippen LogP contribution is 2.36. The summed E-state index contributed by atoms with van der Waals surface area (Å²) in [5.74, 6) is 0.504. The lowest BCUT2D eigenvalue weighted by molar-refractivity contribution is 0.306. The summed E-state index contributed by atoms with van der Waals surface area (Å²) in [5, 5.41) is 21.7. The fourth-order valence-corrected chi connectivity index (χ4v) is 6.61. The number of hydrogen-bond donors (Lipinski definition) is 1. The number of rotatable bonds is 8. The van der Waals surface area contributed by atoms with Crippen molar-refractivity contribution >= 4 is 52.0 Å². The molecule has 7 nitrogen and oxygen atoms in total. The van der Waals surface area contributed by atoms with Crippen molar-refractivity contribution in [1.82, 2.24) is 4.57 Å². The van der Waals surface area contributed by atoms with E-state index in [2.05, 4.69) is 12.1 Å². The molecule has 0 saturated carbocycles. The molecule has 0 fully saturated rings. The molecule has 6 rings (SSSR count). The highest BCUT2D eigenvalue weighted by molar-refractivity contribution is 7.07. The summed E-state index contributed by atoms with van der Waals surface area (Å²) in [6.45, 7) is 0.605. The van der Waals surface area contributed by atoms with Crippen molar-refractivity contribution < 1.29 is 9.47 Å². The Bertz CT molecular complexity index is 2240. The molecule has 1 aliphatic heterocycles. The number of allylic oxidation sites excluding steroid dienone is 1. The number of fused-ring (bicyclic) bond motifs is 1. The maximum Gasteiger partial charge on any atom is 0.274 e. The summed E-state index contributed by atoms with van der Waals surface area (Å²) in [4.78, 5) is 13.5. The Morgan fingerprint density at radius 3 is 1.83 bits per heavy atom. The van der Waals surface area contributed by atoms with Gasteiger partial charge >= 0.3 is 0 Å². The Balaban J connectivity index is 1.29. The minimum Gasteiger partial charge on any atom is -0.489 e. The minimum atomic E-state index is -0.743. The third kappa shape index (κ3) is 6.15. The first-order valence-corrected chi connectivity index (χ1v) is 15.7. The molecule has 5 aromatic rings. The van der Waals surface area contributed by atoms with Crippen LogP contribution in [0.15, 0.2) is 107 Å². The van der Waals surface area contributed by atoms with Gasteiger partial charge in [0.15, 0.2) is 0 Å². The second-order valence-electron chi connectivity index (χ2n) is 10.3. The normalized spacial score (nSPS) is 14.4. The molecule has 0 spiro atoms. The molecular formula is C36H24Cl2N4O3S. The van der Waals surface area contributed by atoms with E-state index >= 15 is 0 Å². The Kier molecular flexibility index (Phi) is 8.96. The van der Waals surface area contributed by atoms with E-state index in [0.29, 0.717) is 42.9 Å². The second kappa shape index (κ2) is 13.4. The van der Waals surface area contributed by atoms with Gasteiger partial charge in [-0.05, 0) is 53.6 Å². The molecule has 1 aromatic heterocycles. The number of aromatic nitrogens is 1. The van der Waals surface area contributed by atoms with Crippen molar-refractivity contribution in [2.24, 2.45) is 5.73 Å².